The van der Waals surface area contributed by atoms with Crippen LogP contribution < -0.4 is 0 Å². The minimum Gasteiger partial charge on any atom is -0.339 e. The fourth-order valence-electron chi connectivity index (χ4n) is 6.18. The lowest BCUT2D eigenvalue weighted by molar-refractivity contribution is -0.121. The third-order valence-electron chi connectivity index (χ3n) is 8.91. The third kappa shape index (κ3) is 6.72. The molecule has 6 heteroatoms. The first kappa shape index (κ1) is 28.3. The monoisotopic (exact) mass is 540 g/mol. The van der Waals surface area contributed by atoms with E-state index in [1.165, 1.54) is 17.5 Å². The molecule has 40 heavy (non-hydrogen) atoms. The van der Waals surface area contributed by atoms with Crippen LogP contribution in [-0.2, 0) is 18.3 Å². The van der Waals surface area contributed by atoms with Gasteiger partial charge in [0.2, 0.25) is 0 Å². The molecule has 3 aromatic rings. The lowest BCUT2D eigenvalue weighted by Crippen LogP contribution is -2.38. The average Bonchev–Trinajstić information content (AvgIpc) is 3.62. The van der Waals surface area contributed by atoms with E-state index in [9.17, 15) is 9.59 Å². The van der Waals surface area contributed by atoms with Gasteiger partial charge in [-0.25, -0.2) is 0 Å². The zero-order chi connectivity index (χ0) is 28.2. The molecule has 1 unspecified atom stereocenters. The number of nitrogens with zero attached hydrogens (tertiary/aromatic N) is 4. The minimum absolute atomic E-state index is 0.0831. The summed E-state index contributed by atoms with van der Waals surface area (Å²) >= 11 is 0. The molecule has 3 heterocycles. The van der Waals surface area contributed by atoms with Crippen molar-refractivity contribution in [3.8, 4) is 11.1 Å². The summed E-state index contributed by atoms with van der Waals surface area (Å²) in [5.41, 5.74) is 6.44. The van der Waals surface area contributed by atoms with Crippen LogP contribution in [0.3, 0.4) is 0 Å². The number of benzene rings is 2. The number of carbonyl (C=O) groups is 2. The molecule has 2 saturated heterocycles. The standard InChI is InChI=1S/C34H44N4O2/c1-24(2)11-15-37-16-12-30(23-37)33(39)20-31-19-29(6-5-25(31)3)34(40)38-17-13-28(14-18-38)26-7-9-27(10-8-26)32-21-35-36(4)22-32/h5-10,19,21-22,24,28,30H,11-18,20,23H2,1-4H3. The summed E-state index contributed by atoms with van der Waals surface area (Å²) in [6.45, 7) is 11.0. The first-order valence-electron chi connectivity index (χ1n) is 15.0. The molecule has 1 atom stereocenters. The van der Waals surface area contributed by atoms with Gasteiger partial charge >= 0.3 is 0 Å². The second kappa shape index (κ2) is 12.5. The zero-order valence-electron chi connectivity index (χ0n) is 24.6. The number of carbonyl (C=O) groups excluding carboxylic acids is 2. The van der Waals surface area contributed by atoms with E-state index < -0.39 is 0 Å². The highest BCUT2D eigenvalue weighted by Crippen LogP contribution is 2.31. The van der Waals surface area contributed by atoms with E-state index in [1.54, 1.807) is 0 Å². The molecule has 1 aromatic heterocycles. The maximum atomic E-state index is 13.4. The van der Waals surface area contributed by atoms with Gasteiger partial charge in [0.15, 0.2) is 0 Å². The smallest absolute Gasteiger partial charge is 0.253 e. The van der Waals surface area contributed by atoms with Gasteiger partial charge < -0.3 is 9.80 Å². The summed E-state index contributed by atoms with van der Waals surface area (Å²) in [5.74, 6) is 1.66. The number of hydrogen-bond donors (Lipinski definition) is 0. The zero-order valence-corrected chi connectivity index (χ0v) is 24.6. The number of Topliss-reactive ketones (excluding diaryl/α,β-unsaturated/α-hetero) is 1. The Morgan fingerprint density at radius 1 is 0.975 bits per heavy atom. The van der Waals surface area contributed by atoms with Crippen molar-refractivity contribution in [1.82, 2.24) is 19.6 Å². The van der Waals surface area contributed by atoms with E-state index in [2.05, 4.69) is 48.1 Å². The second-order valence-corrected chi connectivity index (χ2v) is 12.3. The van der Waals surface area contributed by atoms with E-state index in [0.29, 0.717) is 29.6 Å². The summed E-state index contributed by atoms with van der Waals surface area (Å²) in [4.78, 5) is 31.1. The Hall–Kier alpha value is -3.25. The van der Waals surface area contributed by atoms with Crippen molar-refractivity contribution in [2.24, 2.45) is 18.9 Å². The second-order valence-electron chi connectivity index (χ2n) is 12.3. The lowest BCUT2D eigenvalue weighted by atomic mass is 9.88. The molecule has 212 valence electrons. The van der Waals surface area contributed by atoms with Crippen LogP contribution in [0.2, 0.25) is 0 Å². The van der Waals surface area contributed by atoms with Gasteiger partial charge in [-0.2, -0.15) is 5.10 Å². The highest BCUT2D eigenvalue weighted by Gasteiger charge is 2.29. The summed E-state index contributed by atoms with van der Waals surface area (Å²) < 4.78 is 1.82. The number of likely N-dealkylation sites (tertiary alicyclic amines) is 2. The number of hydrogen-bond acceptors (Lipinski definition) is 4. The van der Waals surface area contributed by atoms with Crippen molar-refractivity contribution in [3.05, 3.63) is 77.1 Å². The average molecular weight is 541 g/mol. The highest BCUT2D eigenvalue weighted by atomic mass is 16.2. The van der Waals surface area contributed by atoms with Crippen LogP contribution in [0.4, 0.5) is 0 Å². The van der Waals surface area contributed by atoms with Crippen LogP contribution in [-0.4, -0.2) is 64.0 Å². The maximum Gasteiger partial charge on any atom is 0.253 e. The lowest BCUT2D eigenvalue weighted by Gasteiger charge is -2.32. The van der Waals surface area contributed by atoms with Crippen molar-refractivity contribution in [2.75, 3.05) is 32.7 Å². The summed E-state index contributed by atoms with van der Waals surface area (Å²) in [6, 6.07) is 14.7. The molecule has 2 aromatic carbocycles. The Morgan fingerprint density at radius 3 is 2.40 bits per heavy atom. The maximum absolute atomic E-state index is 13.4. The van der Waals surface area contributed by atoms with E-state index in [0.717, 1.165) is 68.7 Å². The van der Waals surface area contributed by atoms with Gasteiger partial charge in [0.05, 0.1) is 6.20 Å². The van der Waals surface area contributed by atoms with Gasteiger partial charge in [-0.1, -0.05) is 44.2 Å². The number of amides is 1. The molecule has 5 rings (SSSR count). The molecule has 6 nitrogen and oxygen atoms in total. The molecule has 2 fully saturated rings. The first-order chi connectivity index (χ1) is 19.3. The molecule has 0 aliphatic carbocycles. The van der Waals surface area contributed by atoms with Crippen LogP contribution in [0.5, 0.6) is 0 Å². The highest BCUT2D eigenvalue weighted by molar-refractivity contribution is 5.95. The van der Waals surface area contributed by atoms with Crippen molar-refractivity contribution < 1.29 is 9.59 Å². The van der Waals surface area contributed by atoms with Gasteiger partial charge in [0, 0.05) is 56.3 Å². The Kier molecular flexibility index (Phi) is 8.84. The number of piperidine rings is 1. The molecule has 0 saturated carbocycles. The fraction of sp³-hybridized carbons (Fsp3) is 0.500. The molecule has 2 aliphatic rings. The van der Waals surface area contributed by atoms with E-state index in [1.807, 2.05) is 54.1 Å². The van der Waals surface area contributed by atoms with Crippen LogP contribution >= 0.6 is 0 Å². The molecule has 0 N–H and O–H groups in total. The fourth-order valence-corrected chi connectivity index (χ4v) is 6.18. The summed E-state index contributed by atoms with van der Waals surface area (Å²) in [5, 5.41) is 4.27. The number of ketones is 1. The Morgan fingerprint density at radius 2 is 1.73 bits per heavy atom. The van der Waals surface area contributed by atoms with E-state index >= 15 is 0 Å². The first-order valence-corrected chi connectivity index (χ1v) is 15.0. The molecule has 2 aliphatic heterocycles. The minimum atomic E-state index is 0.0831. The van der Waals surface area contributed by atoms with Crippen LogP contribution in [0.15, 0.2) is 54.9 Å². The quantitative estimate of drug-likeness (QED) is 0.339. The van der Waals surface area contributed by atoms with Crippen molar-refractivity contribution in [1.29, 1.82) is 0 Å². The van der Waals surface area contributed by atoms with E-state index in [-0.39, 0.29) is 11.8 Å². The Labute approximate surface area is 239 Å². The molecule has 0 bridgehead atoms. The predicted octanol–water partition coefficient (Wildman–Crippen LogP) is 5.89. The third-order valence-corrected chi connectivity index (χ3v) is 8.91. The topological polar surface area (TPSA) is 58.4 Å². The Bertz CT molecular complexity index is 1320. The molecule has 0 radical (unpaired) electrons. The molecular formula is C34H44N4O2. The largest absolute Gasteiger partial charge is 0.339 e. The van der Waals surface area contributed by atoms with Gasteiger partial charge in [0.1, 0.15) is 5.78 Å². The number of rotatable bonds is 9. The SMILES string of the molecule is Cc1ccc(C(=O)N2CCC(c3ccc(-c4cnn(C)c4)cc3)CC2)cc1CC(=O)C1CCN(CCC(C)C)C1. The van der Waals surface area contributed by atoms with Gasteiger partial charge in [0.25, 0.3) is 5.91 Å². The normalized spacial score (nSPS) is 18.5. The van der Waals surface area contributed by atoms with Crippen LogP contribution in [0, 0.1) is 18.8 Å². The van der Waals surface area contributed by atoms with Gasteiger partial charge in [-0.05, 0) is 91.9 Å². The van der Waals surface area contributed by atoms with Crippen molar-refractivity contribution in [2.45, 2.75) is 58.8 Å². The Balaban J connectivity index is 1.15. The molecule has 0 spiro atoms. The number of aryl methyl sites for hydroxylation is 2. The molecule has 1 amide bonds. The van der Waals surface area contributed by atoms with Crippen LogP contribution in [0.1, 0.15) is 72.5 Å². The molecular weight excluding hydrogens is 496 g/mol. The summed E-state index contributed by atoms with van der Waals surface area (Å²) in [7, 11) is 1.93. The van der Waals surface area contributed by atoms with Crippen LogP contribution in [0.25, 0.3) is 11.1 Å². The van der Waals surface area contributed by atoms with Gasteiger partial charge in [-0.3, -0.25) is 14.3 Å². The number of aromatic nitrogens is 2. The predicted molar refractivity (Wildman–Crippen MR) is 160 cm³/mol. The van der Waals surface area contributed by atoms with Crippen molar-refractivity contribution in [3.63, 3.8) is 0 Å². The van der Waals surface area contributed by atoms with Gasteiger partial charge in [-0.15, -0.1) is 0 Å². The summed E-state index contributed by atoms with van der Waals surface area (Å²) in [6.07, 6.45) is 8.40. The van der Waals surface area contributed by atoms with E-state index in [4.69, 9.17) is 0 Å². The van der Waals surface area contributed by atoms with Crippen molar-refractivity contribution >= 4 is 11.7 Å².